The first-order valence-corrected chi connectivity index (χ1v) is 6.33. The summed E-state index contributed by atoms with van der Waals surface area (Å²) in [7, 11) is 0. The second-order valence-electron chi connectivity index (χ2n) is 4.92. The van der Waals surface area contributed by atoms with E-state index in [1.807, 2.05) is 19.2 Å². The zero-order valence-corrected chi connectivity index (χ0v) is 10.0. The first-order chi connectivity index (χ1) is 7.75. The van der Waals surface area contributed by atoms with Crippen molar-refractivity contribution in [2.75, 3.05) is 0 Å². The summed E-state index contributed by atoms with van der Waals surface area (Å²) in [5.41, 5.74) is 6.88. The average Bonchev–Trinajstić information content (AvgIpc) is 2.30. The number of rotatable bonds is 3. The van der Waals surface area contributed by atoms with Crippen LogP contribution in [0.3, 0.4) is 0 Å². The minimum atomic E-state index is 0.175. The van der Waals surface area contributed by atoms with Gasteiger partial charge in [0, 0.05) is 30.3 Å². The monoisotopic (exact) mass is 219 g/mol. The Morgan fingerprint density at radius 3 is 2.81 bits per heavy atom. The molecule has 0 aromatic carbocycles. The third kappa shape index (κ3) is 3.01. The normalized spacial score (nSPS) is 19.6. The van der Waals surface area contributed by atoms with Crippen LogP contribution in [0.15, 0.2) is 12.3 Å². The zero-order chi connectivity index (χ0) is 11.4. The zero-order valence-electron chi connectivity index (χ0n) is 10.0. The number of hydrogen-bond acceptors (Lipinski definition) is 3. The fraction of sp³-hybridized carbons (Fsp3) is 0.692. The van der Waals surface area contributed by atoms with Gasteiger partial charge in [-0.25, -0.2) is 9.97 Å². The molecular formula is C13H21N3. The van der Waals surface area contributed by atoms with Crippen molar-refractivity contribution in [3.05, 3.63) is 23.8 Å². The second-order valence-corrected chi connectivity index (χ2v) is 4.92. The molecule has 3 nitrogen and oxygen atoms in total. The molecule has 2 N–H and O–H groups in total. The van der Waals surface area contributed by atoms with Gasteiger partial charge in [-0.1, -0.05) is 19.3 Å². The molecule has 1 fully saturated rings. The lowest BCUT2D eigenvalue weighted by Gasteiger charge is -2.20. The lowest BCUT2D eigenvalue weighted by atomic mass is 9.88. The van der Waals surface area contributed by atoms with Gasteiger partial charge >= 0.3 is 0 Å². The van der Waals surface area contributed by atoms with Crippen LogP contribution >= 0.6 is 0 Å². The van der Waals surface area contributed by atoms with Crippen LogP contribution in [0.1, 0.15) is 56.5 Å². The predicted molar refractivity (Wildman–Crippen MR) is 65.2 cm³/mol. The van der Waals surface area contributed by atoms with Crippen LogP contribution in [0.5, 0.6) is 0 Å². The molecule has 1 saturated carbocycles. The van der Waals surface area contributed by atoms with E-state index in [-0.39, 0.29) is 6.04 Å². The van der Waals surface area contributed by atoms with Crippen molar-refractivity contribution < 1.29 is 0 Å². The van der Waals surface area contributed by atoms with Gasteiger partial charge in [-0.3, -0.25) is 0 Å². The average molecular weight is 219 g/mol. The van der Waals surface area contributed by atoms with Crippen LogP contribution in [0.4, 0.5) is 0 Å². The van der Waals surface area contributed by atoms with E-state index in [2.05, 4.69) is 9.97 Å². The number of nitrogens with zero attached hydrogens (tertiary/aromatic N) is 2. The van der Waals surface area contributed by atoms with E-state index in [1.54, 1.807) is 0 Å². The van der Waals surface area contributed by atoms with Gasteiger partial charge in [0.15, 0.2) is 0 Å². The van der Waals surface area contributed by atoms with Gasteiger partial charge in [0.1, 0.15) is 5.82 Å². The van der Waals surface area contributed by atoms with Gasteiger partial charge in [-0.15, -0.1) is 0 Å². The van der Waals surface area contributed by atoms with Crippen LogP contribution in [-0.4, -0.2) is 16.0 Å². The Bertz CT molecular complexity index is 330. The fourth-order valence-corrected chi connectivity index (χ4v) is 2.41. The third-order valence-electron chi connectivity index (χ3n) is 3.23. The maximum Gasteiger partial charge on any atom is 0.131 e. The lowest BCUT2D eigenvalue weighted by molar-refractivity contribution is 0.427. The Morgan fingerprint density at radius 1 is 1.38 bits per heavy atom. The Balaban J connectivity index is 2.08. The van der Waals surface area contributed by atoms with Crippen molar-refractivity contribution in [1.29, 1.82) is 0 Å². The molecule has 0 spiro atoms. The highest BCUT2D eigenvalue weighted by Gasteiger charge is 2.18. The van der Waals surface area contributed by atoms with Crippen LogP contribution in [-0.2, 0) is 6.42 Å². The van der Waals surface area contributed by atoms with Crippen molar-refractivity contribution >= 4 is 0 Å². The van der Waals surface area contributed by atoms with Crippen LogP contribution in [0.2, 0.25) is 0 Å². The number of nitrogens with two attached hydrogens (primary N) is 1. The van der Waals surface area contributed by atoms with Gasteiger partial charge in [-0.05, 0) is 25.8 Å². The van der Waals surface area contributed by atoms with E-state index >= 15 is 0 Å². The SMILES string of the molecule is CC(N)Cc1ccnc(C2CCCCC2)n1. The van der Waals surface area contributed by atoms with Crippen molar-refractivity contribution in [1.82, 2.24) is 9.97 Å². The molecule has 0 aliphatic heterocycles. The molecule has 2 rings (SSSR count). The molecule has 0 bridgehead atoms. The molecule has 88 valence electrons. The minimum absolute atomic E-state index is 0.175. The second kappa shape index (κ2) is 5.39. The predicted octanol–water partition coefficient (Wildman–Crippen LogP) is 2.41. The summed E-state index contributed by atoms with van der Waals surface area (Å²) in [6.45, 7) is 2.02. The first-order valence-electron chi connectivity index (χ1n) is 6.33. The highest BCUT2D eigenvalue weighted by atomic mass is 14.9. The van der Waals surface area contributed by atoms with Crippen molar-refractivity contribution in [2.45, 2.75) is 57.4 Å². The van der Waals surface area contributed by atoms with Crippen molar-refractivity contribution in [2.24, 2.45) is 5.73 Å². The summed E-state index contributed by atoms with van der Waals surface area (Å²) < 4.78 is 0. The largest absolute Gasteiger partial charge is 0.328 e. The minimum Gasteiger partial charge on any atom is -0.328 e. The summed E-state index contributed by atoms with van der Waals surface area (Å²) in [5, 5.41) is 0. The molecule has 0 amide bonds. The molecule has 16 heavy (non-hydrogen) atoms. The van der Waals surface area contributed by atoms with Crippen LogP contribution in [0.25, 0.3) is 0 Å². The Kier molecular flexibility index (Phi) is 3.88. The van der Waals surface area contributed by atoms with Gasteiger partial charge in [0.25, 0.3) is 0 Å². The van der Waals surface area contributed by atoms with Crippen molar-refractivity contribution in [3.8, 4) is 0 Å². The van der Waals surface area contributed by atoms with Gasteiger partial charge in [-0.2, -0.15) is 0 Å². The molecule has 3 heteroatoms. The highest BCUT2D eigenvalue weighted by molar-refractivity contribution is 5.07. The Morgan fingerprint density at radius 2 is 2.12 bits per heavy atom. The summed E-state index contributed by atoms with van der Waals surface area (Å²) in [5.74, 6) is 1.62. The molecule has 1 aromatic heterocycles. The smallest absolute Gasteiger partial charge is 0.131 e. The van der Waals surface area contributed by atoms with E-state index in [0.717, 1.165) is 17.9 Å². The van der Waals surface area contributed by atoms with Crippen LogP contribution < -0.4 is 5.73 Å². The topological polar surface area (TPSA) is 51.8 Å². The fourth-order valence-electron chi connectivity index (χ4n) is 2.41. The van der Waals surface area contributed by atoms with Crippen molar-refractivity contribution in [3.63, 3.8) is 0 Å². The third-order valence-corrected chi connectivity index (χ3v) is 3.23. The Labute approximate surface area is 97.5 Å². The molecule has 0 radical (unpaired) electrons. The quantitative estimate of drug-likeness (QED) is 0.849. The summed E-state index contributed by atoms with van der Waals surface area (Å²) in [6, 6.07) is 2.16. The molecule has 1 atom stereocenters. The summed E-state index contributed by atoms with van der Waals surface area (Å²) >= 11 is 0. The van der Waals surface area contributed by atoms with E-state index in [9.17, 15) is 0 Å². The molecule has 1 aromatic rings. The maximum absolute atomic E-state index is 5.79. The molecule has 1 unspecified atom stereocenters. The van der Waals surface area contributed by atoms with Gasteiger partial charge in [0.2, 0.25) is 0 Å². The molecule has 0 saturated heterocycles. The van der Waals surface area contributed by atoms with Gasteiger partial charge in [0.05, 0.1) is 0 Å². The Hall–Kier alpha value is -0.960. The van der Waals surface area contributed by atoms with E-state index < -0.39 is 0 Å². The van der Waals surface area contributed by atoms with E-state index in [1.165, 1.54) is 32.1 Å². The number of hydrogen-bond donors (Lipinski definition) is 1. The molecular weight excluding hydrogens is 198 g/mol. The van der Waals surface area contributed by atoms with E-state index in [4.69, 9.17) is 5.73 Å². The van der Waals surface area contributed by atoms with Gasteiger partial charge < -0.3 is 5.73 Å². The summed E-state index contributed by atoms with van der Waals surface area (Å²) in [4.78, 5) is 9.06. The molecule has 1 aliphatic rings. The summed E-state index contributed by atoms with van der Waals surface area (Å²) in [6.07, 6.45) is 9.26. The highest BCUT2D eigenvalue weighted by Crippen LogP contribution is 2.30. The maximum atomic E-state index is 5.79. The standard InChI is InChI=1S/C13H21N3/c1-10(14)9-12-7-8-15-13(16-12)11-5-3-2-4-6-11/h7-8,10-11H,2-6,9,14H2,1H3. The molecule has 1 heterocycles. The lowest BCUT2D eigenvalue weighted by Crippen LogP contribution is -2.19. The number of aromatic nitrogens is 2. The first kappa shape index (κ1) is 11.5. The molecule has 1 aliphatic carbocycles. The van der Waals surface area contributed by atoms with E-state index in [0.29, 0.717) is 5.92 Å². The van der Waals surface area contributed by atoms with Crippen LogP contribution in [0, 0.1) is 0 Å².